The normalized spacial score (nSPS) is 14.6. The smallest absolute Gasteiger partial charge is 0.229 e. The van der Waals surface area contributed by atoms with Gasteiger partial charge in [0.15, 0.2) is 0 Å². The lowest BCUT2D eigenvalue weighted by molar-refractivity contribution is -0.121. The van der Waals surface area contributed by atoms with Crippen molar-refractivity contribution in [3.8, 4) is 5.75 Å². The number of amides is 2. The van der Waals surface area contributed by atoms with Crippen molar-refractivity contribution in [3.05, 3.63) is 59.7 Å². The molecule has 0 saturated carbocycles. The van der Waals surface area contributed by atoms with Gasteiger partial charge in [0.25, 0.3) is 0 Å². The zero-order valence-electron chi connectivity index (χ0n) is 16.6. The van der Waals surface area contributed by atoms with Crippen LogP contribution in [0.2, 0.25) is 0 Å². The summed E-state index contributed by atoms with van der Waals surface area (Å²) in [6.07, 6.45) is 3.23. The summed E-state index contributed by atoms with van der Waals surface area (Å²) in [6.45, 7) is 4.62. The average molecular weight is 380 g/mol. The number of anilines is 1. The minimum Gasteiger partial charge on any atom is -0.494 e. The molecule has 1 N–H and O–H groups in total. The van der Waals surface area contributed by atoms with E-state index in [-0.39, 0.29) is 18.2 Å². The SMILES string of the molecule is CCOc1ccccc1C(CC(=O)N1CCCCc2ccccc21)NC(C)=O. The van der Waals surface area contributed by atoms with Crippen LogP contribution in [0.5, 0.6) is 5.75 Å². The molecule has 2 aromatic rings. The first-order valence-electron chi connectivity index (χ1n) is 9.97. The molecular weight excluding hydrogens is 352 g/mol. The molecule has 5 heteroatoms. The molecule has 2 amide bonds. The van der Waals surface area contributed by atoms with Gasteiger partial charge in [-0.25, -0.2) is 0 Å². The topological polar surface area (TPSA) is 58.6 Å². The van der Waals surface area contributed by atoms with Crippen molar-refractivity contribution in [1.82, 2.24) is 5.32 Å². The van der Waals surface area contributed by atoms with Crippen LogP contribution >= 0.6 is 0 Å². The molecule has 148 valence electrons. The fraction of sp³-hybridized carbons (Fsp3) is 0.391. The number of carbonyl (C=O) groups is 2. The Bertz CT molecular complexity index is 834. The highest BCUT2D eigenvalue weighted by Gasteiger charge is 2.26. The van der Waals surface area contributed by atoms with Gasteiger partial charge in [0.2, 0.25) is 11.8 Å². The minimum atomic E-state index is -0.428. The maximum absolute atomic E-state index is 13.3. The van der Waals surface area contributed by atoms with Gasteiger partial charge in [-0.05, 0) is 43.9 Å². The molecule has 0 spiro atoms. The largest absolute Gasteiger partial charge is 0.494 e. The number of benzene rings is 2. The number of nitrogens with one attached hydrogen (secondary N) is 1. The Balaban J connectivity index is 1.88. The van der Waals surface area contributed by atoms with Gasteiger partial charge in [-0.3, -0.25) is 9.59 Å². The van der Waals surface area contributed by atoms with Gasteiger partial charge in [0, 0.05) is 24.7 Å². The minimum absolute atomic E-state index is 0.0133. The maximum atomic E-state index is 13.3. The predicted molar refractivity (Wildman–Crippen MR) is 111 cm³/mol. The first-order chi connectivity index (χ1) is 13.6. The van der Waals surface area contributed by atoms with E-state index in [9.17, 15) is 9.59 Å². The van der Waals surface area contributed by atoms with E-state index in [2.05, 4.69) is 11.4 Å². The molecule has 0 radical (unpaired) electrons. The molecule has 0 saturated heterocycles. The lowest BCUT2D eigenvalue weighted by atomic mass is 10.0. The highest BCUT2D eigenvalue weighted by Crippen LogP contribution is 2.31. The van der Waals surface area contributed by atoms with Gasteiger partial charge in [0.05, 0.1) is 19.1 Å². The van der Waals surface area contributed by atoms with Crippen LogP contribution in [0.15, 0.2) is 48.5 Å². The van der Waals surface area contributed by atoms with Gasteiger partial charge in [0.1, 0.15) is 5.75 Å². The van der Waals surface area contributed by atoms with Crippen molar-refractivity contribution in [1.29, 1.82) is 0 Å². The summed E-state index contributed by atoms with van der Waals surface area (Å²) in [5.74, 6) is 0.549. The number of fused-ring (bicyclic) bond motifs is 1. The quantitative estimate of drug-likeness (QED) is 0.823. The van der Waals surface area contributed by atoms with Crippen molar-refractivity contribution in [2.24, 2.45) is 0 Å². The molecule has 1 aliphatic heterocycles. The number of rotatable bonds is 6. The van der Waals surface area contributed by atoms with Crippen molar-refractivity contribution in [2.45, 2.75) is 45.6 Å². The van der Waals surface area contributed by atoms with E-state index < -0.39 is 6.04 Å². The van der Waals surface area contributed by atoms with Gasteiger partial charge in [-0.15, -0.1) is 0 Å². The van der Waals surface area contributed by atoms with Crippen LogP contribution in [0.4, 0.5) is 5.69 Å². The highest BCUT2D eigenvalue weighted by atomic mass is 16.5. The molecule has 0 bridgehead atoms. The van der Waals surface area contributed by atoms with Gasteiger partial charge in [-0.2, -0.15) is 0 Å². The number of para-hydroxylation sites is 2. The molecule has 5 nitrogen and oxygen atoms in total. The molecule has 3 rings (SSSR count). The van der Waals surface area contributed by atoms with E-state index in [0.29, 0.717) is 18.9 Å². The fourth-order valence-electron chi connectivity index (χ4n) is 3.77. The molecule has 1 heterocycles. The van der Waals surface area contributed by atoms with E-state index in [0.717, 1.165) is 30.5 Å². The third kappa shape index (κ3) is 4.71. The Hall–Kier alpha value is -2.82. The molecule has 0 fully saturated rings. The zero-order chi connectivity index (χ0) is 19.9. The van der Waals surface area contributed by atoms with Crippen LogP contribution < -0.4 is 15.0 Å². The first kappa shape index (κ1) is 19.9. The Morgan fingerprint density at radius 3 is 2.64 bits per heavy atom. The fourth-order valence-corrected chi connectivity index (χ4v) is 3.77. The van der Waals surface area contributed by atoms with Crippen LogP contribution in [0.25, 0.3) is 0 Å². The second-order valence-corrected chi connectivity index (χ2v) is 7.06. The second kappa shape index (κ2) is 9.40. The number of carbonyl (C=O) groups excluding carboxylic acids is 2. The molecule has 2 aromatic carbocycles. The molecule has 0 aliphatic carbocycles. The molecular formula is C23H28N2O3. The van der Waals surface area contributed by atoms with Crippen LogP contribution in [0.1, 0.15) is 50.3 Å². The summed E-state index contributed by atoms with van der Waals surface area (Å²) in [7, 11) is 0. The monoisotopic (exact) mass is 380 g/mol. The Morgan fingerprint density at radius 1 is 1.11 bits per heavy atom. The predicted octanol–water partition coefficient (Wildman–Crippen LogP) is 4.02. The van der Waals surface area contributed by atoms with Crippen molar-refractivity contribution in [3.63, 3.8) is 0 Å². The molecule has 1 unspecified atom stereocenters. The van der Waals surface area contributed by atoms with Crippen molar-refractivity contribution in [2.75, 3.05) is 18.1 Å². The molecule has 1 atom stereocenters. The van der Waals surface area contributed by atoms with Crippen molar-refractivity contribution < 1.29 is 14.3 Å². The van der Waals surface area contributed by atoms with Gasteiger partial charge < -0.3 is 15.0 Å². The number of nitrogens with zero attached hydrogens (tertiary/aromatic N) is 1. The summed E-state index contributed by atoms with van der Waals surface area (Å²) < 4.78 is 5.73. The van der Waals surface area contributed by atoms with Crippen LogP contribution in [-0.4, -0.2) is 25.0 Å². The number of ether oxygens (including phenoxy) is 1. The molecule has 1 aliphatic rings. The number of hydrogen-bond acceptors (Lipinski definition) is 3. The van der Waals surface area contributed by atoms with Gasteiger partial charge >= 0.3 is 0 Å². The summed E-state index contributed by atoms with van der Waals surface area (Å²) in [4.78, 5) is 27.0. The first-order valence-corrected chi connectivity index (χ1v) is 9.97. The van der Waals surface area contributed by atoms with E-state index >= 15 is 0 Å². The zero-order valence-corrected chi connectivity index (χ0v) is 16.6. The molecule has 0 aromatic heterocycles. The summed E-state index contributed by atoms with van der Waals surface area (Å²) >= 11 is 0. The Kier molecular flexibility index (Phi) is 6.69. The van der Waals surface area contributed by atoms with E-state index in [1.807, 2.05) is 54.3 Å². The third-order valence-electron chi connectivity index (χ3n) is 5.01. The van der Waals surface area contributed by atoms with Crippen LogP contribution in [0, 0.1) is 0 Å². The summed E-state index contributed by atoms with van der Waals surface area (Å²) in [5.41, 5.74) is 3.03. The second-order valence-electron chi connectivity index (χ2n) is 7.06. The Morgan fingerprint density at radius 2 is 1.86 bits per heavy atom. The van der Waals surface area contributed by atoms with Crippen LogP contribution in [0.3, 0.4) is 0 Å². The van der Waals surface area contributed by atoms with Crippen LogP contribution in [-0.2, 0) is 16.0 Å². The Labute approximate surface area is 166 Å². The van der Waals surface area contributed by atoms with E-state index in [4.69, 9.17) is 4.74 Å². The maximum Gasteiger partial charge on any atom is 0.229 e. The number of aryl methyl sites for hydroxylation is 1. The summed E-state index contributed by atoms with van der Waals surface area (Å²) in [5, 5.41) is 2.94. The van der Waals surface area contributed by atoms with Crippen molar-refractivity contribution >= 4 is 17.5 Å². The molecule has 28 heavy (non-hydrogen) atoms. The lowest BCUT2D eigenvalue weighted by Crippen LogP contribution is -2.36. The van der Waals surface area contributed by atoms with E-state index in [1.165, 1.54) is 12.5 Å². The third-order valence-corrected chi connectivity index (χ3v) is 5.01. The van der Waals surface area contributed by atoms with Gasteiger partial charge in [-0.1, -0.05) is 36.4 Å². The lowest BCUT2D eigenvalue weighted by Gasteiger charge is -2.27. The average Bonchev–Trinajstić information content (AvgIpc) is 2.90. The highest BCUT2D eigenvalue weighted by molar-refractivity contribution is 5.95. The number of hydrogen-bond donors (Lipinski definition) is 1. The van der Waals surface area contributed by atoms with E-state index in [1.54, 1.807) is 0 Å². The summed E-state index contributed by atoms with van der Waals surface area (Å²) in [6, 6.07) is 15.3. The standard InChI is InChI=1S/C23H28N2O3/c1-3-28-22-14-7-5-12-19(22)20(24-17(2)26)16-23(27)25-15-9-8-11-18-10-4-6-13-21(18)25/h4-7,10,12-14,20H,3,8-9,11,15-16H2,1-2H3,(H,24,26).